The van der Waals surface area contributed by atoms with E-state index in [-0.39, 0.29) is 11.9 Å². The van der Waals surface area contributed by atoms with Crippen molar-refractivity contribution in [1.29, 1.82) is 0 Å². The van der Waals surface area contributed by atoms with Crippen molar-refractivity contribution in [3.8, 4) is 0 Å². The maximum absolute atomic E-state index is 12.9. The Balaban J connectivity index is 1.58. The summed E-state index contributed by atoms with van der Waals surface area (Å²) in [5.74, 6) is 0.0618. The van der Waals surface area contributed by atoms with Crippen LogP contribution in [0.4, 0.5) is 0 Å². The van der Waals surface area contributed by atoms with Crippen LogP contribution < -0.4 is 0 Å². The number of fused-ring (bicyclic) bond motifs is 1. The molecule has 0 aliphatic carbocycles. The SMILES string of the molecule is O=C(c1ccc2n[nH]nc2c1)N1CCCCC1Cn1cccn1. The third kappa shape index (κ3) is 2.69. The molecule has 1 fully saturated rings. The zero-order valence-corrected chi connectivity index (χ0v) is 12.7. The van der Waals surface area contributed by atoms with Gasteiger partial charge in [0.1, 0.15) is 11.0 Å². The number of hydrogen-bond donors (Lipinski definition) is 1. The van der Waals surface area contributed by atoms with E-state index in [0.717, 1.165) is 43.4 Å². The minimum atomic E-state index is 0.0618. The monoisotopic (exact) mass is 310 g/mol. The first-order valence-corrected chi connectivity index (χ1v) is 7.90. The summed E-state index contributed by atoms with van der Waals surface area (Å²) < 4.78 is 1.90. The van der Waals surface area contributed by atoms with Crippen LogP contribution in [0, 0.1) is 0 Å². The van der Waals surface area contributed by atoms with Crippen molar-refractivity contribution in [2.45, 2.75) is 31.8 Å². The average Bonchev–Trinajstić information content (AvgIpc) is 3.25. The van der Waals surface area contributed by atoms with E-state index in [1.54, 1.807) is 12.3 Å². The van der Waals surface area contributed by atoms with Gasteiger partial charge in [0.15, 0.2) is 0 Å². The van der Waals surface area contributed by atoms with Crippen LogP contribution in [0.15, 0.2) is 36.7 Å². The summed E-state index contributed by atoms with van der Waals surface area (Å²) >= 11 is 0. The van der Waals surface area contributed by atoms with Gasteiger partial charge in [-0.25, -0.2) is 0 Å². The molecule has 2 aromatic heterocycles. The van der Waals surface area contributed by atoms with Crippen LogP contribution in [0.3, 0.4) is 0 Å². The number of benzene rings is 1. The molecule has 0 radical (unpaired) electrons. The molecular weight excluding hydrogens is 292 g/mol. The summed E-state index contributed by atoms with van der Waals surface area (Å²) in [5, 5.41) is 14.9. The van der Waals surface area contributed by atoms with Gasteiger partial charge in [-0.3, -0.25) is 9.48 Å². The van der Waals surface area contributed by atoms with Crippen LogP contribution in [0.25, 0.3) is 11.0 Å². The number of carbonyl (C=O) groups is 1. The average molecular weight is 310 g/mol. The number of carbonyl (C=O) groups excluding carboxylic acids is 1. The second-order valence-corrected chi connectivity index (χ2v) is 5.90. The Bertz CT molecular complexity index is 809. The summed E-state index contributed by atoms with van der Waals surface area (Å²) in [6.45, 7) is 1.53. The summed E-state index contributed by atoms with van der Waals surface area (Å²) in [4.78, 5) is 14.9. The molecule has 1 unspecified atom stereocenters. The van der Waals surface area contributed by atoms with E-state index < -0.39 is 0 Å². The molecule has 7 heteroatoms. The van der Waals surface area contributed by atoms with Crippen LogP contribution in [0.1, 0.15) is 29.6 Å². The zero-order chi connectivity index (χ0) is 15.6. The van der Waals surface area contributed by atoms with Gasteiger partial charge >= 0.3 is 0 Å². The molecule has 118 valence electrons. The van der Waals surface area contributed by atoms with E-state index in [0.29, 0.717) is 5.56 Å². The lowest BCUT2D eigenvalue weighted by Crippen LogP contribution is -2.45. The van der Waals surface area contributed by atoms with E-state index in [2.05, 4.69) is 20.5 Å². The van der Waals surface area contributed by atoms with Gasteiger partial charge in [0, 0.05) is 24.5 Å². The van der Waals surface area contributed by atoms with Crippen LogP contribution in [0.5, 0.6) is 0 Å². The Morgan fingerprint density at radius 2 is 2.17 bits per heavy atom. The molecule has 1 saturated heterocycles. The van der Waals surface area contributed by atoms with Crippen LogP contribution in [0.2, 0.25) is 0 Å². The molecule has 0 bridgehead atoms. The highest BCUT2D eigenvalue weighted by Gasteiger charge is 2.28. The highest BCUT2D eigenvalue weighted by atomic mass is 16.2. The third-order valence-electron chi connectivity index (χ3n) is 4.41. The third-order valence-corrected chi connectivity index (χ3v) is 4.41. The van der Waals surface area contributed by atoms with Crippen molar-refractivity contribution in [2.24, 2.45) is 0 Å². The molecule has 23 heavy (non-hydrogen) atoms. The van der Waals surface area contributed by atoms with Crippen molar-refractivity contribution in [3.05, 3.63) is 42.2 Å². The van der Waals surface area contributed by atoms with Gasteiger partial charge in [-0.05, 0) is 43.5 Å². The largest absolute Gasteiger partial charge is 0.334 e. The summed E-state index contributed by atoms with van der Waals surface area (Å²) in [6.07, 6.45) is 6.93. The first kappa shape index (κ1) is 13.9. The Morgan fingerprint density at radius 1 is 1.26 bits per heavy atom. The molecule has 1 aromatic carbocycles. The second kappa shape index (κ2) is 5.83. The van der Waals surface area contributed by atoms with Gasteiger partial charge in [0.05, 0.1) is 12.6 Å². The second-order valence-electron chi connectivity index (χ2n) is 5.90. The first-order valence-electron chi connectivity index (χ1n) is 7.90. The van der Waals surface area contributed by atoms with E-state index in [1.165, 1.54) is 0 Å². The quantitative estimate of drug-likeness (QED) is 0.800. The summed E-state index contributed by atoms with van der Waals surface area (Å²) in [6, 6.07) is 7.56. The Kier molecular flexibility index (Phi) is 3.53. The molecular formula is C16H18N6O. The molecule has 1 aliphatic rings. The molecule has 3 aromatic rings. The highest BCUT2D eigenvalue weighted by molar-refractivity contribution is 5.97. The number of hydrogen-bond acceptors (Lipinski definition) is 4. The highest BCUT2D eigenvalue weighted by Crippen LogP contribution is 2.22. The van der Waals surface area contributed by atoms with Gasteiger partial charge in [-0.1, -0.05) is 0 Å². The van der Waals surface area contributed by atoms with Gasteiger partial charge in [-0.15, -0.1) is 0 Å². The smallest absolute Gasteiger partial charge is 0.254 e. The molecule has 7 nitrogen and oxygen atoms in total. The minimum absolute atomic E-state index is 0.0618. The topological polar surface area (TPSA) is 79.7 Å². The molecule has 1 amide bonds. The molecule has 1 atom stereocenters. The number of H-pyrrole nitrogens is 1. The Morgan fingerprint density at radius 3 is 3.04 bits per heavy atom. The lowest BCUT2D eigenvalue weighted by atomic mass is 10.0. The number of aromatic amines is 1. The number of aromatic nitrogens is 5. The molecule has 0 saturated carbocycles. The number of nitrogens with one attached hydrogen (secondary N) is 1. The normalized spacial score (nSPS) is 18.4. The Hall–Kier alpha value is -2.70. The van der Waals surface area contributed by atoms with Gasteiger partial charge in [0.2, 0.25) is 0 Å². The molecule has 0 spiro atoms. The fraction of sp³-hybridized carbons (Fsp3) is 0.375. The summed E-state index contributed by atoms with van der Waals surface area (Å²) in [7, 11) is 0. The number of amides is 1. The van der Waals surface area contributed by atoms with Crippen molar-refractivity contribution < 1.29 is 4.79 Å². The van der Waals surface area contributed by atoms with Crippen molar-refractivity contribution >= 4 is 16.9 Å². The number of likely N-dealkylation sites (tertiary alicyclic amines) is 1. The maximum Gasteiger partial charge on any atom is 0.254 e. The number of piperidine rings is 1. The lowest BCUT2D eigenvalue weighted by Gasteiger charge is -2.35. The maximum atomic E-state index is 12.9. The first-order chi connectivity index (χ1) is 11.3. The van der Waals surface area contributed by atoms with Gasteiger partial charge in [-0.2, -0.15) is 20.5 Å². The number of nitrogens with zero attached hydrogens (tertiary/aromatic N) is 5. The van der Waals surface area contributed by atoms with Crippen LogP contribution >= 0.6 is 0 Å². The summed E-state index contributed by atoms with van der Waals surface area (Å²) in [5.41, 5.74) is 2.16. The van der Waals surface area contributed by atoms with Crippen LogP contribution in [-0.2, 0) is 6.54 Å². The van der Waals surface area contributed by atoms with E-state index in [9.17, 15) is 4.79 Å². The predicted molar refractivity (Wildman–Crippen MR) is 84.8 cm³/mol. The predicted octanol–water partition coefficient (Wildman–Crippen LogP) is 1.85. The molecule has 1 aliphatic heterocycles. The number of rotatable bonds is 3. The van der Waals surface area contributed by atoms with E-state index in [1.807, 2.05) is 34.0 Å². The van der Waals surface area contributed by atoms with Crippen molar-refractivity contribution in [2.75, 3.05) is 6.54 Å². The minimum Gasteiger partial charge on any atom is -0.334 e. The van der Waals surface area contributed by atoms with Crippen molar-refractivity contribution in [1.82, 2.24) is 30.1 Å². The molecule has 4 rings (SSSR count). The van der Waals surface area contributed by atoms with E-state index in [4.69, 9.17) is 0 Å². The fourth-order valence-corrected chi connectivity index (χ4v) is 3.22. The molecule has 1 N–H and O–H groups in total. The molecule has 3 heterocycles. The Labute approximate surface area is 133 Å². The standard InChI is InChI=1S/C16H18N6O/c23-16(12-5-6-14-15(10-12)19-20-18-14)22-9-2-1-4-13(22)11-21-8-3-7-17-21/h3,5-8,10,13H,1-2,4,9,11H2,(H,18,19,20). The van der Waals surface area contributed by atoms with E-state index >= 15 is 0 Å². The van der Waals surface area contributed by atoms with Crippen molar-refractivity contribution in [3.63, 3.8) is 0 Å². The van der Waals surface area contributed by atoms with Gasteiger partial charge < -0.3 is 4.90 Å². The fourth-order valence-electron chi connectivity index (χ4n) is 3.22. The lowest BCUT2D eigenvalue weighted by molar-refractivity contribution is 0.0584. The zero-order valence-electron chi connectivity index (χ0n) is 12.7. The van der Waals surface area contributed by atoms with Crippen LogP contribution in [-0.4, -0.2) is 48.6 Å². The van der Waals surface area contributed by atoms with Gasteiger partial charge in [0.25, 0.3) is 5.91 Å².